The van der Waals surface area contributed by atoms with Crippen LogP contribution >= 0.6 is 0 Å². The molecular weight excluding hydrogens is 292 g/mol. The number of rotatable bonds is 6. The van der Waals surface area contributed by atoms with Gasteiger partial charge in [-0.3, -0.25) is 10.4 Å². The first-order chi connectivity index (χ1) is 10.9. The molecule has 0 spiro atoms. The van der Waals surface area contributed by atoms with Gasteiger partial charge in [-0.05, 0) is 57.5 Å². The number of carbonyl (C=O) groups is 1. The summed E-state index contributed by atoms with van der Waals surface area (Å²) in [5.74, 6) is 0. The lowest BCUT2D eigenvalue weighted by Gasteiger charge is -2.19. The smallest absolute Gasteiger partial charge is 0.412 e. The minimum absolute atomic E-state index is 0.438. The predicted molar refractivity (Wildman–Crippen MR) is 90.3 cm³/mol. The zero-order valence-corrected chi connectivity index (χ0v) is 13.8. The largest absolute Gasteiger partial charge is 0.444 e. The molecule has 0 saturated carbocycles. The van der Waals surface area contributed by atoms with E-state index in [1.165, 1.54) is 5.56 Å². The van der Waals surface area contributed by atoms with Gasteiger partial charge < -0.3 is 10.1 Å². The molecule has 23 heavy (non-hydrogen) atoms. The van der Waals surface area contributed by atoms with Crippen LogP contribution in [0.2, 0.25) is 0 Å². The van der Waals surface area contributed by atoms with E-state index >= 15 is 0 Å². The Morgan fingerprint density at radius 1 is 1.22 bits per heavy atom. The lowest BCUT2D eigenvalue weighted by Crippen LogP contribution is -2.27. The van der Waals surface area contributed by atoms with Crippen molar-refractivity contribution in [3.8, 4) is 0 Å². The van der Waals surface area contributed by atoms with Crippen molar-refractivity contribution < 1.29 is 9.53 Å². The standard InChI is InChI=1S/C17H24N4O2/c1-17(2,3)23-16(22)20-14-6-4-13(5-7-14)8-10-18-12-15-9-11-19-21-15/h4-7,9,11,18H,8,10,12H2,1-3H3,(H,19,21)(H,20,22). The van der Waals surface area contributed by atoms with E-state index < -0.39 is 11.7 Å². The molecule has 1 amide bonds. The molecule has 0 radical (unpaired) electrons. The van der Waals surface area contributed by atoms with E-state index in [-0.39, 0.29) is 0 Å². The minimum atomic E-state index is -0.496. The number of nitrogens with one attached hydrogen (secondary N) is 3. The summed E-state index contributed by atoms with van der Waals surface area (Å²) in [5, 5.41) is 12.9. The third-order valence-corrected chi connectivity index (χ3v) is 3.06. The maximum Gasteiger partial charge on any atom is 0.412 e. The second kappa shape index (κ2) is 7.78. The van der Waals surface area contributed by atoms with Gasteiger partial charge in [0.2, 0.25) is 0 Å². The normalized spacial score (nSPS) is 11.3. The first kappa shape index (κ1) is 17.0. The highest BCUT2D eigenvalue weighted by Gasteiger charge is 2.15. The van der Waals surface area contributed by atoms with Gasteiger partial charge in [0.1, 0.15) is 5.60 Å². The molecule has 6 heteroatoms. The SMILES string of the molecule is CC(C)(C)OC(=O)Nc1ccc(CCNCc2ccn[nH]2)cc1. The van der Waals surface area contributed by atoms with Crippen LogP contribution in [0.4, 0.5) is 10.5 Å². The summed E-state index contributed by atoms with van der Waals surface area (Å²) in [6.07, 6.45) is 2.22. The van der Waals surface area contributed by atoms with Gasteiger partial charge in [0.15, 0.2) is 0 Å². The predicted octanol–water partition coefficient (Wildman–Crippen LogP) is 3.09. The maximum atomic E-state index is 11.7. The summed E-state index contributed by atoms with van der Waals surface area (Å²) in [6.45, 7) is 7.17. The van der Waals surface area contributed by atoms with E-state index in [0.717, 1.165) is 30.9 Å². The summed E-state index contributed by atoms with van der Waals surface area (Å²) in [5.41, 5.74) is 2.51. The Bertz CT molecular complexity index is 601. The summed E-state index contributed by atoms with van der Waals surface area (Å²) in [4.78, 5) is 11.7. The number of aromatic nitrogens is 2. The molecule has 6 nitrogen and oxygen atoms in total. The molecule has 0 atom stereocenters. The van der Waals surface area contributed by atoms with Gasteiger partial charge >= 0.3 is 6.09 Å². The van der Waals surface area contributed by atoms with Crippen LogP contribution in [0.1, 0.15) is 32.0 Å². The van der Waals surface area contributed by atoms with Gasteiger partial charge in [-0.2, -0.15) is 5.10 Å². The van der Waals surface area contributed by atoms with E-state index in [0.29, 0.717) is 0 Å². The van der Waals surface area contributed by atoms with Crippen molar-refractivity contribution in [2.24, 2.45) is 0 Å². The van der Waals surface area contributed by atoms with Crippen LogP contribution in [0.3, 0.4) is 0 Å². The molecule has 0 saturated heterocycles. The van der Waals surface area contributed by atoms with Crippen molar-refractivity contribution in [2.75, 3.05) is 11.9 Å². The Hall–Kier alpha value is -2.34. The molecule has 0 fully saturated rings. The van der Waals surface area contributed by atoms with Crippen LogP contribution < -0.4 is 10.6 Å². The van der Waals surface area contributed by atoms with Crippen LogP contribution in [0.25, 0.3) is 0 Å². The Morgan fingerprint density at radius 3 is 2.57 bits per heavy atom. The van der Waals surface area contributed by atoms with E-state index in [1.807, 2.05) is 51.1 Å². The minimum Gasteiger partial charge on any atom is -0.444 e. The third kappa shape index (κ3) is 6.52. The number of hydrogen-bond donors (Lipinski definition) is 3. The molecule has 1 heterocycles. The molecule has 124 valence electrons. The van der Waals surface area contributed by atoms with Crippen molar-refractivity contribution in [1.29, 1.82) is 0 Å². The summed E-state index contributed by atoms with van der Waals surface area (Å²) in [6, 6.07) is 9.72. The van der Waals surface area contributed by atoms with Crippen LogP contribution in [0.15, 0.2) is 36.5 Å². The third-order valence-electron chi connectivity index (χ3n) is 3.06. The zero-order chi connectivity index (χ0) is 16.7. The Balaban J connectivity index is 1.72. The van der Waals surface area contributed by atoms with E-state index in [1.54, 1.807) is 6.20 Å². The van der Waals surface area contributed by atoms with Crippen molar-refractivity contribution in [3.05, 3.63) is 47.8 Å². The van der Waals surface area contributed by atoms with Gasteiger partial charge in [0.05, 0.1) is 0 Å². The van der Waals surface area contributed by atoms with Gasteiger partial charge in [-0.1, -0.05) is 12.1 Å². The van der Waals surface area contributed by atoms with Gasteiger partial charge in [0, 0.05) is 24.1 Å². The van der Waals surface area contributed by atoms with Crippen LogP contribution in [0.5, 0.6) is 0 Å². The molecule has 0 aliphatic carbocycles. The van der Waals surface area contributed by atoms with Crippen molar-refractivity contribution in [2.45, 2.75) is 39.3 Å². The Morgan fingerprint density at radius 2 is 1.96 bits per heavy atom. The highest BCUT2D eigenvalue weighted by Crippen LogP contribution is 2.13. The first-order valence-corrected chi connectivity index (χ1v) is 7.70. The molecule has 2 aromatic rings. The van der Waals surface area contributed by atoms with Crippen LogP contribution in [-0.2, 0) is 17.7 Å². The Kier molecular flexibility index (Phi) is 5.76. The van der Waals surface area contributed by atoms with Crippen molar-refractivity contribution in [1.82, 2.24) is 15.5 Å². The zero-order valence-electron chi connectivity index (χ0n) is 13.8. The average molecular weight is 316 g/mol. The fourth-order valence-electron chi connectivity index (χ4n) is 2.02. The number of anilines is 1. The van der Waals surface area contributed by atoms with Crippen molar-refractivity contribution >= 4 is 11.8 Å². The summed E-state index contributed by atoms with van der Waals surface area (Å²) in [7, 11) is 0. The van der Waals surface area contributed by atoms with Crippen LogP contribution in [0, 0.1) is 0 Å². The second-order valence-electron chi connectivity index (χ2n) is 6.33. The highest BCUT2D eigenvalue weighted by molar-refractivity contribution is 5.84. The lowest BCUT2D eigenvalue weighted by molar-refractivity contribution is 0.0636. The molecule has 0 aliphatic heterocycles. The highest BCUT2D eigenvalue weighted by atomic mass is 16.6. The molecule has 1 aromatic heterocycles. The number of hydrogen-bond acceptors (Lipinski definition) is 4. The van der Waals surface area contributed by atoms with Gasteiger partial charge in [-0.15, -0.1) is 0 Å². The second-order valence-corrected chi connectivity index (χ2v) is 6.33. The van der Waals surface area contributed by atoms with Gasteiger partial charge in [0.25, 0.3) is 0 Å². The molecule has 0 bridgehead atoms. The summed E-state index contributed by atoms with van der Waals surface area (Å²) < 4.78 is 5.22. The number of aromatic amines is 1. The molecular formula is C17H24N4O2. The number of H-pyrrole nitrogens is 1. The van der Waals surface area contributed by atoms with Gasteiger partial charge in [-0.25, -0.2) is 4.79 Å². The maximum absolute atomic E-state index is 11.7. The monoisotopic (exact) mass is 316 g/mol. The summed E-state index contributed by atoms with van der Waals surface area (Å²) >= 11 is 0. The number of benzene rings is 1. The quantitative estimate of drug-likeness (QED) is 0.716. The fraction of sp³-hybridized carbons (Fsp3) is 0.412. The lowest BCUT2D eigenvalue weighted by atomic mass is 10.1. The number of ether oxygens (including phenoxy) is 1. The topological polar surface area (TPSA) is 79.0 Å². The molecule has 2 rings (SSSR count). The van der Waals surface area contributed by atoms with E-state index in [4.69, 9.17) is 4.74 Å². The molecule has 0 aliphatic rings. The van der Waals surface area contributed by atoms with Crippen LogP contribution in [-0.4, -0.2) is 28.4 Å². The molecule has 1 aromatic carbocycles. The van der Waals surface area contributed by atoms with E-state index in [9.17, 15) is 4.79 Å². The average Bonchev–Trinajstić information content (AvgIpc) is 2.96. The number of nitrogens with zero attached hydrogens (tertiary/aromatic N) is 1. The number of carbonyl (C=O) groups excluding carboxylic acids is 1. The number of amides is 1. The Labute approximate surface area is 136 Å². The molecule has 3 N–H and O–H groups in total. The first-order valence-electron chi connectivity index (χ1n) is 7.70. The molecule has 0 unspecified atom stereocenters. The van der Waals surface area contributed by atoms with Crippen molar-refractivity contribution in [3.63, 3.8) is 0 Å². The fourth-order valence-corrected chi connectivity index (χ4v) is 2.02. The van der Waals surface area contributed by atoms with E-state index in [2.05, 4.69) is 20.8 Å².